The van der Waals surface area contributed by atoms with E-state index in [1.165, 1.54) is 7.11 Å². The van der Waals surface area contributed by atoms with Gasteiger partial charge in [-0.25, -0.2) is 9.59 Å². The van der Waals surface area contributed by atoms with Crippen LogP contribution in [-0.2, 0) is 16.0 Å². The molecule has 0 aromatic heterocycles. The summed E-state index contributed by atoms with van der Waals surface area (Å²) in [7, 11) is 1.37. The highest BCUT2D eigenvalue weighted by Crippen LogP contribution is 2.26. The minimum absolute atomic E-state index is 0. The van der Waals surface area contributed by atoms with E-state index in [0.29, 0.717) is 12.1 Å². The number of rotatable bonds is 4. The zero-order chi connectivity index (χ0) is 19.3. The molecule has 1 amide bonds. The zero-order valence-corrected chi connectivity index (χ0v) is 15.9. The molecule has 0 saturated carbocycles. The first-order chi connectivity index (χ1) is 12.2. The number of aryl methyl sites for hydroxylation is 1. The number of hydrogen-bond donors (Lipinski definition) is 1. The van der Waals surface area contributed by atoms with Gasteiger partial charge in [-0.15, -0.1) is 0 Å². The Morgan fingerprint density at radius 3 is 2.46 bits per heavy atom. The Labute approximate surface area is 155 Å². The summed E-state index contributed by atoms with van der Waals surface area (Å²) >= 11 is 0. The number of alkyl carbamates (subject to hydrolysis) is 1. The van der Waals surface area contributed by atoms with Crippen LogP contribution < -0.4 is 5.32 Å². The first-order valence-corrected chi connectivity index (χ1v) is 8.45. The van der Waals surface area contributed by atoms with Crippen molar-refractivity contribution in [3.63, 3.8) is 0 Å². The molecule has 2 rings (SSSR count). The number of amides is 1. The molecule has 0 fully saturated rings. The molecule has 0 atom stereocenters. The molecule has 5 heteroatoms. The average molecular weight is 357 g/mol. The van der Waals surface area contributed by atoms with E-state index in [0.717, 1.165) is 22.3 Å². The minimum Gasteiger partial charge on any atom is -0.465 e. The minimum atomic E-state index is -0.546. The molecule has 0 aliphatic heterocycles. The molecule has 0 bridgehead atoms. The highest BCUT2D eigenvalue weighted by Gasteiger charge is 2.17. The number of carbonyl (C=O) groups excluding carboxylic acids is 2. The second kappa shape index (κ2) is 8.04. The fourth-order valence-electron chi connectivity index (χ4n) is 2.56. The van der Waals surface area contributed by atoms with Gasteiger partial charge in [0.1, 0.15) is 5.60 Å². The Hall–Kier alpha value is -2.82. The fraction of sp³-hybridized carbons (Fsp3) is 0.333. The summed E-state index contributed by atoms with van der Waals surface area (Å²) in [6, 6.07) is 13.4. The van der Waals surface area contributed by atoms with Crippen molar-refractivity contribution in [2.45, 2.75) is 39.8 Å². The van der Waals surface area contributed by atoms with Crippen LogP contribution in [0, 0.1) is 6.92 Å². The van der Waals surface area contributed by atoms with E-state index in [1.807, 2.05) is 70.2 Å². The molecule has 140 valence electrons. The largest absolute Gasteiger partial charge is 0.465 e. The normalized spacial score (nSPS) is 11.0. The van der Waals surface area contributed by atoms with Crippen LogP contribution in [-0.4, -0.2) is 24.8 Å². The Bertz CT molecular complexity index is 812. The van der Waals surface area contributed by atoms with Crippen LogP contribution in [0.2, 0.25) is 0 Å². The molecule has 2 aromatic carbocycles. The van der Waals surface area contributed by atoms with Crippen molar-refractivity contribution in [3.05, 3.63) is 59.2 Å². The van der Waals surface area contributed by atoms with Gasteiger partial charge >= 0.3 is 12.1 Å². The standard InChI is InChI=1S/C21H25NO4.H2/c1-14-10-11-15(12-18(14)19(23)25-5)17-9-7-6-8-16(17)13-22-20(24)26-21(2,3)4;/h6-12H,13H2,1-5H3,(H,22,24);1H. The lowest BCUT2D eigenvalue weighted by Crippen LogP contribution is -2.32. The van der Waals surface area contributed by atoms with Crippen LogP contribution in [0.3, 0.4) is 0 Å². The smallest absolute Gasteiger partial charge is 0.407 e. The maximum absolute atomic E-state index is 12.0. The van der Waals surface area contributed by atoms with Gasteiger partial charge in [-0.05, 0) is 56.0 Å². The fourth-order valence-corrected chi connectivity index (χ4v) is 2.56. The lowest BCUT2D eigenvalue weighted by Gasteiger charge is -2.20. The summed E-state index contributed by atoms with van der Waals surface area (Å²) in [4.78, 5) is 23.9. The third-order valence-electron chi connectivity index (χ3n) is 3.79. The summed E-state index contributed by atoms with van der Waals surface area (Å²) in [5.41, 5.74) is 3.59. The number of nitrogens with one attached hydrogen (secondary N) is 1. The van der Waals surface area contributed by atoms with Crippen molar-refractivity contribution in [3.8, 4) is 11.1 Å². The highest BCUT2D eigenvalue weighted by molar-refractivity contribution is 5.92. The molecule has 5 nitrogen and oxygen atoms in total. The first kappa shape index (κ1) is 19.5. The molecule has 0 heterocycles. The van der Waals surface area contributed by atoms with Crippen LogP contribution >= 0.6 is 0 Å². The molecule has 0 aliphatic carbocycles. The van der Waals surface area contributed by atoms with Crippen LogP contribution in [0.5, 0.6) is 0 Å². The zero-order valence-electron chi connectivity index (χ0n) is 15.9. The third kappa shape index (κ3) is 5.09. The van der Waals surface area contributed by atoms with Gasteiger partial charge in [0, 0.05) is 7.97 Å². The van der Waals surface area contributed by atoms with Crippen LogP contribution in [0.15, 0.2) is 42.5 Å². The van der Waals surface area contributed by atoms with Crippen LogP contribution in [0.1, 0.15) is 43.7 Å². The van der Waals surface area contributed by atoms with E-state index < -0.39 is 11.7 Å². The molecule has 0 unspecified atom stereocenters. The summed E-state index contributed by atoms with van der Waals surface area (Å²) in [6.07, 6.45) is -0.466. The van der Waals surface area contributed by atoms with Gasteiger partial charge in [-0.2, -0.15) is 0 Å². The summed E-state index contributed by atoms with van der Waals surface area (Å²) in [5, 5.41) is 2.77. The van der Waals surface area contributed by atoms with E-state index in [1.54, 1.807) is 0 Å². The van der Waals surface area contributed by atoms with Crippen molar-refractivity contribution in [1.82, 2.24) is 5.32 Å². The molecule has 0 aliphatic rings. The molecule has 2 aromatic rings. The topological polar surface area (TPSA) is 64.6 Å². The number of hydrogen-bond acceptors (Lipinski definition) is 4. The number of ether oxygens (including phenoxy) is 2. The van der Waals surface area contributed by atoms with E-state index >= 15 is 0 Å². The van der Waals surface area contributed by atoms with Crippen molar-refractivity contribution in [1.29, 1.82) is 0 Å². The predicted molar refractivity (Wildman–Crippen MR) is 103 cm³/mol. The second-order valence-corrected chi connectivity index (χ2v) is 7.03. The van der Waals surface area contributed by atoms with Gasteiger partial charge in [-0.3, -0.25) is 0 Å². The Balaban J connectivity index is 0.00000364. The SMILES string of the molecule is COC(=O)c1cc(-c2ccccc2CNC(=O)OC(C)(C)C)ccc1C.[HH]. The van der Waals surface area contributed by atoms with Crippen LogP contribution in [0.4, 0.5) is 4.79 Å². The summed E-state index contributed by atoms with van der Waals surface area (Å²) in [5.74, 6) is -0.367. The molecule has 26 heavy (non-hydrogen) atoms. The summed E-state index contributed by atoms with van der Waals surface area (Å²) in [6.45, 7) is 7.65. The van der Waals surface area contributed by atoms with Crippen LogP contribution in [0.25, 0.3) is 11.1 Å². The van der Waals surface area contributed by atoms with E-state index in [9.17, 15) is 9.59 Å². The average Bonchev–Trinajstić information content (AvgIpc) is 2.58. The van der Waals surface area contributed by atoms with E-state index in [2.05, 4.69) is 5.32 Å². The third-order valence-corrected chi connectivity index (χ3v) is 3.79. The Kier molecular flexibility index (Phi) is 6.03. The van der Waals surface area contributed by atoms with Gasteiger partial charge in [0.05, 0.1) is 12.7 Å². The Morgan fingerprint density at radius 2 is 1.81 bits per heavy atom. The van der Waals surface area contributed by atoms with E-state index in [4.69, 9.17) is 9.47 Å². The first-order valence-electron chi connectivity index (χ1n) is 8.45. The second-order valence-electron chi connectivity index (χ2n) is 7.03. The maximum atomic E-state index is 12.0. The predicted octanol–water partition coefficient (Wildman–Crippen LogP) is 4.72. The van der Waals surface area contributed by atoms with Crippen molar-refractivity contribution in [2.75, 3.05) is 7.11 Å². The van der Waals surface area contributed by atoms with Crippen molar-refractivity contribution >= 4 is 12.1 Å². The van der Waals surface area contributed by atoms with Gasteiger partial charge in [0.2, 0.25) is 0 Å². The molecular formula is C21H27NO4. The van der Waals surface area contributed by atoms with Gasteiger partial charge in [0.15, 0.2) is 0 Å². The number of benzene rings is 2. The highest BCUT2D eigenvalue weighted by atomic mass is 16.6. The lowest BCUT2D eigenvalue weighted by molar-refractivity contribution is 0.0522. The van der Waals surface area contributed by atoms with Gasteiger partial charge in [-0.1, -0.05) is 36.4 Å². The maximum Gasteiger partial charge on any atom is 0.407 e. The van der Waals surface area contributed by atoms with Crippen molar-refractivity contribution in [2.24, 2.45) is 0 Å². The van der Waals surface area contributed by atoms with Gasteiger partial charge in [0.25, 0.3) is 0 Å². The number of esters is 1. The van der Waals surface area contributed by atoms with Crippen molar-refractivity contribution < 1.29 is 20.5 Å². The summed E-state index contributed by atoms with van der Waals surface area (Å²) < 4.78 is 10.1. The number of methoxy groups -OCH3 is 1. The number of carbonyl (C=O) groups is 2. The molecule has 0 radical (unpaired) electrons. The molecule has 1 N–H and O–H groups in total. The lowest BCUT2D eigenvalue weighted by atomic mass is 9.96. The monoisotopic (exact) mass is 357 g/mol. The molecule has 0 spiro atoms. The van der Waals surface area contributed by atoms with Gasteiger partial charge < -0.3 is 14.8 Å². The Morgan fingerprint density at radius 1 is 1.12 bits per heavy atom. The molecule has 0 saturated heterocycles. The molecular weight excluding hydrogens is 330 g/mol. The van der Waals surface area contributed by atoms with E-state index in [-0.39, 0.29) is 7.40 Å². The quantitative estimate of drug-likeness (QED) is 0.804.